The van der Waals surface area contributed by atoms with Gasteiger partial charge in [0.05, 0.1) is 36.3 Å². The maximum atomic E-state index is 13.4. The van der Waals surface area contributed by atoms with Crippen molar-refractivity contribution in [1.29, 1.82) is 0 Å². The van der Waals surface area contributed by atoms with Crippen LogP contribution in [0, 0.1) is 10.1 Å². The van der Waals surface area contributed by atoms with Crippen molar-refractivity contribution in [2.45, 2.75) is 12.2 Å². The maximum absolute atomic E-state index is 13.4. The summed E-state index contributed by atoms with van der Waals surface area (Å²) < 4.78 is 50.9. The Labute approximate surface area is 213 Å². The van der Waals surface area contributed by atoms with E-state index in [1.165, 1.54) is 50.6 Å². The molecule has 1 saturated heterocycles. The zero-order valence-electron chi connectivity index (χ0n) is 19.9. The average molecular weight is 528 g/mol. The lowest BCUT2D eigenvalue weighted by atomic mass is 9.94. The van der Waals surface area contributed by atoms with Gasteiger partial charge in [0.1, 0.15) is 5.76 Å². The highest BCUT2D eigenvalue weighted by Gasteiger charge is 2.47. The fraction of sp³-hybridized carbons (Fsp3) is 0.154. The van der Waals surface area contributed by atoms with Crippen molar-refractivity contribution >= 4 is 28.8 Å². The van der Waals surface area contributed by atoms with E-state index in [1.807, 2.05) is 0 Å². The first-order valence-electron chi connectivity index (χ1n) is 10.9. The predicted octanol–water partition coefficient (Wildman–Crippen LogP) is 5.26. The molecule has 0 spiro atoms. The van der Waals surface area contributed by atoms with E-state index in [0.29, 0.717) is 5.75 Å². The number of anilines is 1. The summed E-state index contributed by atoms with van der Waals surface area (Å²) >= 11 is 0. The van der Waals surface area contributed by atoms with Crippen molar-refractivity contribution in [3.05, 3.63) is 99.1 Å². The van der Waals surface area contributed by atoms with Gasteiger partial charge in [0, 0.05) is 23.4 Å². The Balaban J connectivity index is 1.96. The predicted molar refractivity (Wildman–Crippen MR) is 129 cm³/mol. The van der Waals surface area contributed by atoms with Gasteiger partial charge in [0.2, 0.25) is 0 Å². The molecule has 1 unspecified atom stereocenters. The van der Waals surface area contributed by atoms with Crippen LogP contribution in [-0.4, -0.2) is 35.9 Å². The van der Waals surface area contributed by atoms with Crippen LogP contribution in [0.1, 0.15) is 22.7 Å². The number of carbonyl (C=O) groups excluding carboxylic acids is 2. The molecule has 1 atom stereocenters. The molecule has 9 nitrogen and oxygen atoms in total. The zero-order chi connectivity index (χ0) is 27.8. The van der Waals surface area contributed by atoms with Crippen molar-refractivity contribution in [1.82, 2.24) is 0 Å². The molecule has 1 aliphatic heterocycles. The molecule has 1 fully saturated rings. The first kappa shape index (κ1) is 26.2. The van der Waals surface area contributed by atoms with Gasteiger partial charge in [-0.1, -0.05) is 12.1 Å². The molecule has 0 radical (unpaired) electrons. The van der Waals surface area contributed by atoms with Crippen molar-refractivity contribution in [3.8, 4) is 11.5 Å². The number of non-ortho nitro benzene ring substituents is 1. The third-order valence-corrected chi connectivity index (χ3v) is 5.97. The topological polar surface area (TPSA) is 119 Å². The molecule has 38 heavy (non-hydrogen) atoms. The largest absolute Gasteiger partial charge is 0.507 e. The number of alkyl halides is 3. The summed E-state index contributed by atoms with van der Waals surface area (Å²) in [5, 5.41) is 22.1. The highest BCUT2D eigenvalue weighted by molar-refractivity contribution is 6.51. The summed E-state index contributed by atoms with van der Waals surface area (Å²) in [5.74, 6) is -2.48. The summed E-state index contributed by atoms with van der Waals surface area (Å²) in [6, 6.07) is 11.5. The minimum absolute atomic E-state index is 0.0110. The third-order valence-electron chi connectivity index (χ3n) is 5.97. The molecule has 0 saturated carbocycles. The Morgan fingerprint density at radius 3 is 2.21 bits per heavy atom. The van der Waals surface area contributed by atoms with Crippen LogP contribution in [0.2, 0.25) is 0 Å². The van der Waals surface area contributed by atoms with Gasteiger partial charge in [-0.05, 0) is 48.0 Å². The molecule has 1 heterocycles. The number of hydrogen-bond donors (Lipinski definition) is 1. The van der Waals surface area contributed by atoms with Crippen molar-refractivity contribution in [2.24, 2.45) is 0 Å². The number of benzene rings is 3. The number of ether oxygens (including phenoxy) is 2. The second-order valence-corrected chi connectivity index (χ2v) is 8.14. The molecule has 4 rings (SSSR count). The van der Waals surface area contributed by atoms with E-state index in [9.17, 15) is 38.0 Å². The standard InChI is InChI=1S/C26H19F3N2O7/c1-37-19-11-8-15(12-20(19)38-2)22-21(23(32)14-6-9-17(10-7-14)31(35)36)24(33)25(34)30(22)18-5-3-4-16(13-18)26(27,28)29/h3-13,22,32H,1-2H3/b23-21+. The number of ketones is 1. The van der Waals surface area contributed by atoms with E-state index >= 15 is 0 Å². The summed E-state index contributed by atoms with van der Waals surface area (Å²) in [7, 11) is 2.74. The van der Waals surface area contributed by atoms with Gasteiger partial charge >= 0.3 is 6.18 Å². The Morgan fingerprint density at radius 2 is 1.63 bits per heavy atom. The molecule has 0 aromatic heterocycles. The molecule has 196 valence electrons. The van der Waals surface area contributed by atoms with Crippen LogP contribution in [-0.2, 0) is 15.8 Å². The normalized spacial score (nSPS) is 17.0. The fourth-order valence-electron chi connectivity index (χ4n) is 4.17. The van der Waals surface area contributed by atoms with Crippen LogP contribution in [0.4, 0.5) is 24.5 Å². The maximum Gasteiger partial charge on any atom is 0.416 e. The van der Waals surface area contributed by atoms with E-state index in [1.54, 1.807) is 0 Å². The number of Topliss-reactive ketones (excluding diaryl/α,β-unsaturated/α-hetero) is 1. The molecule has 0 aliphatic carbocycles. The van der Waals surface area contributed by atoms with Gasteiger partial charge in [0.25, 0.3) is 17.4 Å². The molecule has 1 aliphatic rings. The molecule has 0 bridgehead atoms. The Hall–Kier alpha value is -4.87. The van der Waals surface area contributed by atoms with Crippen molar-refractivity contribution in [3.63, 3.8) is 0 Å². The van der Waals surface area contributed by atoms with Gasteiger partial charge in [-0.3, -0.25) is 24.6 Å². The fourth-order valence-corrected chi connectivity index (χ4v) is 4.17. The number of hydrogen-bond acceptors (Lipinski definition) is 7. The number of methoxy groups -OCH3 is 2. The van der Waals surface area contributed by atoms with Crippen LogP contribution in [0.5, 0.6) is 11.5 Å². The lowest BCUT2D eigenvalue weighted by Gasteiger charge is -2.26. The number of nitro benzene ring substituents is 1. The Bertz CT molecular complexity index is 1470. The number of amides is 1. The van der Waals surface area contributed by atoms with Crippen LogP contribution in [0.3, 0.4) is 0 Å². The van der Waals surface area contributed by atoms with E-state index in [0.717, 1.165) is 35.2 Å². The minimum Gasteiger partial charge on any atom is -0.507 e. The van der Waals surface area contributed by atoms with Gasteiger partial charge in [0.15, 0.2) is 11.5 Å². The van der Waals surface area contributed by atoms with Crippen molar-refractivity contribution < 1.29 is 42.3 Å². The summed E-state index contributed by atoms with van der Waals surface area (Å²) in [6.45, 7) is 0. The lowest BCUT2D eigenvalue weighted by Crippen LogP contribution is -2.29. The zero-order valence-corrected chi connectivity index (χ0v) is 19.9. The summed E-state index contributed by atoms with van der Waals surface area (Å²) in [5.41, 5.74) is -1.76. The number of carbonyl (C=O) groups is 2. The van der Waals surface area contributed by atoms with Crippen molar-refractivity contribution in [2.75, 3.05) is 19.1 Å². The molecule has 12 heteroatoms. The number of rotatable bonds is 6. The molecule has 1 amide bonds. The lowest BCUT2D eigenvalue weighted by molar-refractivity contribution is -0.384. The molecule has 3 aromatic rings. The number of nitro groups is 1. The monoisotopic (exact) mass is 528 g/mol. The van der Waals surface area contributed by atoms with Gasteiger partial charge < -0.3 is 14.6 Å². The molecular weight excluding hydrogens is 509 g/mol. The summed E-state index contributed by atoms with van der Waals surface area (Å²) in [6.07, 6.45) is -4.72. The van der Waals surface area contributed by atoms with Crippen LogP contribution in [0.25, 0.3) is 5.76 Å². The highest BCUT2D eigenvalue weighted by Crippen LogP contribution is 2.45. The van der Waals surface area contributed by atoms with E-state index in [-0.39, 0.29) is 28.3 Å². The van der Waals surface area contributed by atoms with Crippen LogP contribution < -0.4 is 14.4 Å². The average Bonchev–Trinajstić information content (AvgIpc) is 3.17. The van der Waals surface area contributed by atoms with Gasteiger partial charge in [-0.15, -0.1) is 0 Å². The number of nitrogens with zero attached hydrogens (tertiary/aromatic N) is 2. The molecule has 1 N–H and O–H groups in total. The number of halogens is 3. The quantitative estimate of drug-likeness (QED) is 0.152. The third kappa shape index (κ3) is 4.63. The van der Waals surface area contributed by atoms with Crippen LogP contribution in [0.15, 0.2) is 72.3 Å². The van der Waals surface area contributed by atoms with Crippen LogP contribution >= 0.6 is 0 Å². The molecular formula is C26H19F3N2O7. The van der Waals surface area contributed by atoms with Gasteiger partial charge in [-0.25, -0.2) is 0 Å². The molecule has 3 aromatic carbocycles. The SMILES string of the molecule is COc1ccc(C2/C(=C(\O)c3ccc([N+](=O)[O-])cc3)C(=O)C(=O)N2c2cccc(C(F)(F)F)c2)cc1OC. The Kier molecular flexibility index (Phi) is 6.81. The number of aliphatic hydroxyl groups is 1. The Morgan fingerprint density at radius 1 is 0.974 bits per heavy atom. The van der Waals surface area contributed by atoms with E-state index < -0.39 is 45.7 Å². The highest BCUT2D eigenvalue weighted by atomic mass is 19.4. The second-order valence-electron chi connectivity index (χ2n) is 8.14. The summed E-state index contributed by atoms with van der Waals surface area (Å²) in [4.78, 5) is 37.7. The minimum atomic E-state index is -4.72. The second kappa shape index (κ2) is 9.88. The van der Waals surface area contributed by atoms with E-state index in [2.05, 4.69) is 0 Å². The first-order valence-corrected chi connectivity index (χ1v) is 10.9. The smallest absolute Gasteiger partial charge is 0.416 e. The van der Waals surface area contributed by atoms with E-state index in [4.69, 9.17) is 9.47 Å². The van der Waals surface area contributed by atoms with Gasteiger partial charge in [-0.2, -0.15) is 13.2 Å². The number of aliphatic hydroxyl groups excluding tert-OH is 1. The first-order chi connectivity index (χ1) is 18.0.